The van der Waals surface area contributed by atoms with Crippen molar-refractivity contribution in [1.82, 2.24) is 5.32 Å². The maximum Gasteiger partial charge on any atom is 0.237 e. The molecular weight excluding hydrogens is 348 g/mol. The molecule has 1 atom stereocenters. The van der Waals surface area contributed by atoms with Crippen molar-refractivity contribution in [1.29, 1.82) is 0 Å². The maximum absolute atomic E-state index is 11.7. The van der Waals surface area contributed by atoms with Gasteiger partial charge in [0, 0.05) is 15.4 Å². The standard InChI is InChI=1S/C16H23BrN2OS/c1-16(15(18)20,19-13-6-7-13)10-2-3-11-21-14-8-4-12(17)5-9-14/h4-5,8-9,13,19H,2-3,6-7,10-11H2,1H3,(H2,18,20). The lowest BCUT2D eigenvalue weighted by Gasteiger charge is -2.27. The molecule has 3 nitrogen and oxygen atoms in total. The largest absolute Gasteiger partial charge is 0.368 e. The molecule has 1 amide bonds. The number of carbonyl (C=O) groups is 1. The SMILES string of the molecule is CC(CCCCSc1ccc(Br)cc1)(NC1CC1)C(N)=O. The van der Waals surface area contributed by atoms with Crippen LogP contribution in [0.25, 0.3) is 0 Å². The zero-order chi connectivity index (χ0) is 15.3. The summed E-state index contributed by atoms with van der Waals surface area (Å²) in [5.74, 6) is 0.842. The summed E-state index contributed by atoms with van der Waals surface area (Å²) in [5.41, 5.74) is 5.02. The van der Waals surface area contributed by atoms with Gasteiger partial charge < -0.3 is 11.1 Å². The second-order valence-corrected chi connectivity index (χ2v) is 7.96. The molecule has 0 radical (unpaired) electrons. The Bertz CT molecular complexity index is 476. The molecule has 5 heteroatoms. The Balaban J connectivity index is 1.67. The molecule has 0 heterocycles. The Morgan fingerprint density at radius 3 is 2.62 bits per heavy atom. The predicted molar refractivity (Wildman–Crippen MR) is 92.5 cm³/mol. The molecule has 1 aliphatic rings. The molecule has 1 fully saturated rings. The monoisotopic (exact) mass is 370 g/mol. The van der Waals surface area contributed by atoms with E-state index in [2.05, 4.69) is 45.5 Å². The van der Waals surface area contributed by atoms with Gasteiger partial charge in [-0.25, -0.2) is 0 Å². The van der Waals surface area contributed by atoms with Gasteiger partial charge in [0.15, 0.2) is 0 Å². The van der Waals surface area contributed by atoms with E-state index in [0.29, 0.717) is 6.04 Å². The minimum absolute atomic E-state index is 0.227. The van der Waals surface area contributed by atoms with Crippen molar-refractivity contribution in [3.8, 4) is 0 Å². The zero-order valence-corrected chi connectivity index (χ0v) is 14.8. The lowest BCUT2D eigenvalue weighted by atomic mass is 9.94. The van der Waals surface area contributed by atoms with Crippen LogP contribution in [-0.4, -0.2) is 23.2 Å². The molecule has 1 aromatic carbocycles. The van der Waals surface area contributed by atoms with Crippen LogP contribution in [0.15, 0.2) is 33.6 Å². The van der Waals surface area contributed by atoms with Crippen LogP contribution < -0.4 is 11.1 Å². The van der Waals surface area contributed by atoms with Crippen molar-refractivity contribution in [3.05, 3.63) is 28.7 Å². The van der Waals surface area contributed by atoms with Crippen LogP contribution in [-0.2, 0) is 4.79 Å². The Morgan fingerprint density at radius 1 is 1.38 bits per heavy atom. The van der Waals surface area contributed by atoms with Gasteiger partial charge in [0.1, 0.15) is 0 Å². The minimum atomic E-state index is -0.538. The van der Waals surface area contributed by atoms with Gasteiger partial charge in [-0.1, -0.05) is 22.4 Å². The van der Waals surface area contributed by atoms with Gasteiger partial charge in [-0.05, 0) is 62.6 Å². The average Bonchev–Trinajstić information content (AvgIpc) is 3.24. The second-order valence-electron chi connectivity index (χ2n) is 5.87. The van der Waals surface area contributed by atoms with Gasteiger partial charge in [-0.2, -0.15) is 0 Å². The third-order valence-electron chi connectivity index (χ3n) is 3.80. The first kappa shape index (κ1) is 16.8. The Labute approximate surface area is 139 Å². The van der Waals surface area contributed by atoms with Crippen LogP contribution >= 0.6 is 27.7 Å². The van der Waals surface area contributed by atoms with Gasteiger partial charge in [-0.3, -0.25) is 4.79 Å². The molecule has 21 heavy (non-hydrogen) atoms. The van der Waals surface area contributed by atoms with Crippen molar-refractivity contribution >= 4 is 33.6 Å². The fraction of sp³-hybridized carbons (Fsp3) is 0.562. The quantitative estimate of drug-likeness (QED) is 0.514. The van der Waals surface area contributed by atoms with E-state index in [0.717, 1.165) is 29.5 Å². The molecule has 1 saturated carbocycles. The summed E-state index contributed by atoms with van der Waals surface area (Å²) in [6.07, 6.45) is 5.27. The lowest BCUT2D eigenvalue weighted by molar-refractivity contribution is -0.124. The van der Waals surface area contributed by atoms with Crippen molar-refractivity contribution < 1.29 is 4.79 Å². The Hall–Kier alpha value is -0.520. The summed E-state index contributed by atoms with van der Waals surface area (Å²) in [4.78, 5) is 12.9. The molecule has 0 aliphatic heterocycles. The number of rotatable bonds is 9. The summed E-state index contributed by atoms with van der Waals surface area (Å²) in [7, 11) is 0. The highest BCUT2D eigenvalue weighted by atomic mass is 79.9. The molecule has 1 aliphatic carbocycles. The minimum Gasteiger partial charge on any atom is -0.368 e. The molecule has 2 rings (SSSR count). The predicted octanol–water partition coefficient (Wildman–Crippen LogP) is 3.71. The van der Waals surface area contributed by atoms with Gasteiger partial charge in [-0.15, -0.1) is 11.8 Å². The maximum atomic E-state index is 11.7. The van der Waals surface area contributed by atoms with E-state index in [1.54, 1.807) is 0 Å². The van der Waals surface area contributed by atoms with E-state index < -0.39 is 5.54 Å². The summed E-state index contributed by atoms with van der Waals surface area (Å²) in [6, 6.07) is 8.87. The fourth-order valence-corrected chi connectivity index (χ4v) is 3.42. The van der Waals surface area contributed by atoms with E-state index in [-0.39, 0.29) is 5.91 Å². The molecule has 0 aromatic heterocycles. The number of hydrogen-bond donors (Lipinski definition) is 2. The van der Waals surface area contributed by atoms with E-state index in [9.17, 15) is 4.79 Å². The number of hydrogen-bond acceptors (Lipinski definition) is 3. The van der Waals surface area contributed by atoms with Crippen molar-refractivity contribution in [2.75, 3.05) is 5.75 Å². The number of halogens is 1. The van der Waals surface area contributed by atoms with E-state index in [4.69, 9.17) is 5.73 Å². The Kier molecular flexibility index (Phi) is 6.14. The van der Waals surface area contributed by atoms with Crippen LogP contribution in [0.4, 0.5) is 0 Å². The first-order valence-electron chi connectivity index (χ1n) is 7.45. The highest BCUT2D eigenvalue weighted by Crippen LogP contribution is 2.26. The molecule has 116 valence electrons. The summed E-state index contributed by atoms with van der Waals surface area (Å²) >= 11 is 5.30. The van der Waals surface area contributed by atoms with E-state index in [1.807, 2.05) is 18.7 Å². The van der Waals surface area contributed by atoms with Crippen molar-refractivity contribution in [3.63, 3.8) is 0 Å². The van der Waals surface area contributed by atoms with Gasteiger partial charge in [0.05, 0.1) is 5.54 Å². The number of thioether (sulfide) groups is 1. The van der Waals surface area contributed by atoms with Gasteiger partial charge in [0.2, 0.25) is 5.91 Å². The molecule has 1 aromatic rings. The highest BCUT2D eigenvalue weighted by molar-refractivity contribution is 9.10. The van der Waals surface area contributed by atoms with Crippen molar-refractivity contribution in [2.45, 2.75) is 55.5 Å². The third kappa shape index (κ3) is 5.64. The number of carbonyl (C=O) groups excluding carboxylic acids is 1. The average molecular weight is 371 g/mol. The zero-order valence-electron chi connectivity index (χ0n) is 12.4. The summed E-state index contributed by atoms with van der Waals surface area (Å²) < 4.78 is 1.11. The molecule has 0 saturated heterocycles. The number of benzene rings is 1. The molecular formula is C16H23BrN2OS. The van der Waals surface area contributed by atoms with Crippen LogP contribution in [0.1, 0.15) is 39.0 Å². The van der Waals surface area contributed by atoms with E-state index in [1.165, 1.54) is 17.7 Å². The van der Waals surface area contributed by atoms with E-state index >= 15 is 0 Å². The van der Waals surface area contributed by atoms with Crippen LogP contribution in [0.3, 0.4) is 0 Å². The number of nitrogens with two attached hydrogens (primary N) is 1. The fourth-order valence-electron chi connectivity index (χ4n) is 2.25. The Morgan fingerprint density at radius 2 is 2.05 bits per heavy atom. The second kappa shape index (κ2) is 7.65. The van der Waals surface area contributed by atoms with Crippen molar-refractivity contribution in [2.24, 2.45) is 5.73 Å². The molecule has 1 unspecified atom stereocenters. The normalized spacial score (nSPS) is 17.4. The summed E-state index contributed by atoms with van der Waals surface area (Å²) in [6.45, 7) is 1.94. The van der Waals surface area contributed by atoms with Crippen LogP contribution in [0, 0.1) is 0 Å². The highest BCUT2D eigenvalue weighted by Gasteiger charge is 2.36. The van der Waals surface area contributed by atoms with Crippen LogP contribution in [0.5, 0.6) is 0 Å². The third-order valence-corrected chi connectivity index (χ3v) is 5.42. The topological polar surface area (TPSA) is 55.1 Å². The van der Waals surface area contributed by atoms with Crippen LogP contribution in [0.2, 0.25) is 0 Å². The smallest absolute Gasteiger partial charge is 0.237 e. The number of unbranched alkanes of at least 4 members (excludes halogenated alkanes) is 1. The lowest BCUT2D eigenvalue weighted by Crippen LogP contribution is -2.53. The molecule has 0 bridgehead atoms. The first-order valence-corrected chi connectivity index (χ1v) is 9.23. The summed E-state index contributed by atoms with van der Waals surface area (Å²) in [5, 5.41) is 3.40. The van der Waals surface area contributed by atoms with Gasteiger partial charge in [0.25, 0.3) is 0 Å². The number of nitrogens with one attached hydrogen (secondary N) is 1. The molecule has 0 spiro atoms. The number of primary amides is 1. The van der Waals surface area contributed by atoms with Gasteiger partial charge >= 0.3 is 0 Å². The molecule has 3 N–H and O–H groups in total. The number of amides is 1. The first-order chi connectivity index (χ1) is 9.99.